The van der Waals surface area contributed by atoms with Crippen LogP contribution in [-0.2, 0) is 0 Å². The molecule has 0 radical (unpaired) electrons. The summed E-state index contributed by atoms with van der Waals surface area (Å²) >= 11 is 0. The van der Waals surface area contributed by atoms with Crippen LogP contribution in [0.3, 0.4) is 0 Å². The molecule has 1 aromatic rings. The summed E-state index contributed by atoms with van der Waals surface area (Å²) in [6.07, 6.45) is 0. The fourth-order valence-electron chi connectivity index (χ4n) is 1.30. The van der Waals surface area contributed by atoms with E-state index in [0.29, 0.717) is 5.56 Å². The van der Waals surface area contributed by atoms with Crippen molar-refractivity contribution < 1.29 is 9.13 Å². The number of benzene rings is 1. The van der Waals surface area contributed by atoms with Crippen LogP contribution in [0.5, 0.6) is 5.75 Å². The summed E-state index contributed by atoms with van der Waals surface area (Å²) in [5.41, 5.74) is 6.38. The lowest BCUT2D eigenvalue weighted by Gasteiger charge is -2.17. The fraction of sp³-hybridized carbons (Fsp3) is 0.455. The lowest BCUT2D eigenvalue weighted by atomic mass is 9.96. The topological polar surface area (TPSA) is 35.2 Å². The Hall–Kier alpha value is -1.09. The van der Waals surface area contributed by atoms with Gasteiger partial charge in [-0.15, -0.1) is 0 Å². The first kappa shape index (κ1) is 11.0. The van der Waals surface area contributed by atoms with Crippen molar-refractivity contribution in [1.29, 1.82) is 0 Å². The summed E-state index contributed by atoms with van der Waals surface area (Å²) in [4.78, 5) is 0. The molecule has 0 bridgehead atoms. The molecule has 2 N–H and O–H groups in total. The van der Waals surface area contributed by atoms with Crippen molar-refractivity contribution in [3.8, 4) is 5.75 Å². The lowest BCUT2D eigenvalue weighted by Crippen LogP contribution is -2.18. The highest BCUT2D eigenvalue weighted by molar-refractivity contribution is 5.33. The predicted molar refractivity (Wildman–Crippen MR) is 54.7 cm³/mol. The highest BCUT2D eigenvalue weighted by Gasteiger charge is 2.17. The van der Waals surface area contributed by atoms with E-state index in [1.165, 1.54) is 7.11 Å². The predicted octanol–water partition coefficient (Wildman–Crippen LogP) is 2.49. The van der Waals surface area contributed by atoms with Crippen LogP contribution < -0.4 is 10.5 Å². The molecule has 0 saturated carbocycles. The second-order valence-electron chi connectivity index (χ2n) is 3.63. The first-order valence-corrected chi connectivity index (χ1v) is 4.66. The second-order valence-corrected chi connectivity index (χ2v) is 3.63. The smallest absolute Gasteiger partial charge is 0.169 e. The van der Waals surface area contributed by atoms with Crippen molar-refractivity contribution in [3.05, 3.63) is 29.6 Å². The molecule has 0 aromatic heterocycles. The average molecular weight is 197 g/mol. The Morgan fingerprint density at radius 1 is 1.36 bits per heavy atom. The minimum atomic E-state index is -0.351. The standard InChI is InChI=1S/C11H16FNO/c1-7(2)11(13)8-5-4-6-9(14-3)10(8)12/h4-7,11H,13H2,1-3H3. The van der Waals surface area contributed by atoms with Crippen molar-refractivity contribution in [1.82, 2.24) is 0 Å². The van der Waals surface area contributed by atoms with E-state index >= 15 is 0 Å². The van der Waals surface area contributed by atoms with Crippen molar-refractivity contribution in [2.24, 2.45) is 11.7 Å². The Bertz CT molecular complexity index is 312. The van der Waals surface area contributed by atoms with Crippen LogP contribution in [0.4, 0.5) is 4.39 Å². The molecule has 1 rings (SSSR count). The number of ether oxygens (including phenoxy) is 1. The van der Waals surface area contributed by atoms with Crippen LogP contribution in [-0.4, -0.2) is 7.11 Å². The van der Waals surface area contributed by atoms with Gasteiger partial charge in [0.1, 0.15) is 0 Å². The van der Waals surface area contributed by atoms with E-state index in [1.54, 1.807) is 18.2 Å². The molecule has 0 aliphatic rings. The van der Waals surface area contributed by atoms with E-state index in [9.17, 15) is 4.39 Å². The molecule has 2 nitrogen and oxygen atoms in total. The third-order valence-electron chi connectivity index (χ3n) is 2.29. The zero-order valence-corrected chi connectivity index (χ0v) is 8.75. The molecule has 0 spiro atoms. The summed E-state index contributed by atoms with van der Waals surface area (Å²) in [6, 6.07) is 4.75. The maximum Gasteiger partial charge on any atom is 0.169 e. The number of nitrogens with two attached hydrogens (primary N) is 1. The van der Waals surface area contributed by atoms with Crippen LogP contribution in [0.25, 0.3) is 0 Å². The Morgan fingerprint density at radius 2 is 2.00 bits per heavy atom. The Balaban J connectivity index is 3.09. The van der Waals surface area contributed by atoms with Gasteiger partial charge in [-0.05, 0) is 12.0 Å². The normalized spacial score (nSPS) is 13.0. The molecule has 0 fully saturated rings. The third kappa shape index (κ3) is 2.04. The zero-order chi connectivity index (χ0) is 10.7. The van der Waals surface area contributed by atoms with E-state index in [2.05, 4.69) is 0 Å². The second kappa shape index (κ2) is 4.42. The number of methoxy groups -OCH3 is 1. The summed E-state index contributed by atoms with van der Waals surface area (Å²) in [7, 11) is 1.45. The molecular formula is C11H16FNO. The van der Waals surface area contributed by atoms with Gasteiger partial charge in [-0.2, -0.15) is 0 Å². The van der Waals surface area contributed by atoms with Crippen LogP contribution in [0.2, 0.25) is 0 Å². The fourth-order valence-corrected chi connectivity index (χ4v) is 1.30. The molecule has 0 saturated heterocycles. The van der Waals surface area contributed by atoms with Crippen molar-refractivity contribution in [3.63, 3.8) is 0 Å². The van der Waals surface area contributed by atoms with Gasteiger partial charge in [-0.3, -0.25) is 0 Å². The van der Waals surface area contributed by atoms with Gasteiger partial charge < -0.3 is 10.5 Å². The molecule has 1 atom stereocenters. The van der Waals surface area contributed by atoms with E-state index in [1.807, 2.05) is 13.8 Å². The highest BCUT2D eigenvalue weighted by Crippen LogP contribution is 2.27. The summed E-state index contributed by atoms with van der Waals surface area (Å²) in [6.45, 7) is 3.92. The monoisotopic (exact) mass is 197 g/mol. The van der Waals surface area contributed by atoms with E-state index in [0.717, 1.165) is 0 Å². The number of hydrogen-bond acceptors (Lipinski definition) is 2. The van der Waals surface area contributed by atoms with Gasteiger partial charge in [-0.1, -0.05) is 26.0 Å². The van der Waals surface area contributed by atoms with Crippen LogP contribution in [0, 0.1) is 11.7 Å². The first-order valence-electron chi connectivity index (χ1n) is 4.66. The minimum absolute atomic E-state index is 0.205. The number of halogens is 1. The Morgan fingerprint density at radius 3 is 2.50 bits per heavy atom. The van der Waals surface area contributed by atoms with Gasteiger partial charge in [0.2, 0.25) is 0 Å². The Kier molecular flexibility index (Phi) is 3.47. The zero-order valence-electron chi connectivity index (χ0n) is 8.75. The summed E-state index contributed by atoms with van der Waals surface area (Å²) in [5, 5.41) is 0. The van der Waals surface area contributed by atoms with Crippen LogP contribution >= 0.6 is 0 Å². The molecule has 0 aliphatic carbocycles. The molecule has 0 heterocycles. The number of rotatable bonds is 3. The molecule has 0 aliphatic heterocycles. The average Bonchev–Trinajstić information content (AvgIpc) is 2.17. The minimum Gasteiger partial charge on any atom is -0.494 e. The van der Waals surface area contributed by atoms with Gasteiger partial charge in [0.15, 0.2) is 11.6 Å². The number of hydrogen-bond donors (Lipinski definition) is 1. The van der Waals surface area contributed by atoms with E-state index in [4.69, 9.17) is 10.5 Å². The Labute approximate surface area is 83.9 Å². The van der Waals surface area contributed by atoms with E-state index < -0.39 is 0 Å². The van der Waals surface area contributed by atoms with E-state index in [-0.39, 0.29) is 23.5 Å². The maximum atomic E-state index is 13.7. The van der Waals surface area contributed by atoms with Crippen LogP contribution in [0.15, 0.2) is 18.2 Å². The summed E-state index contributed by atoms with van der Waals surface area (Å²) in [5.74, 6) is 0.103. The van der Waals surface area contributed by atoms with Gasteiger partial charge in [-0.25, -0.2) is 4.39 Å². The SMILES string of the molecule is COc1cccc(C(N)C(C)C)c1F. The van der Waals surface area contributed by atoms with Gasteiger partial charge in [0.05, 0.1) is 7.11 Å². The highest BCUT2D eigenvalue weighted by atomic mass is 19.1. The maximum absolute atomic E-state index is 13.7. The quantitative estimate of drug-likeness (QED) is 0.808. The third-order valence-corrected chi connectivity index (χ3v) is 2.29. The van der Waals surface area contributed by atoms with Crippen molar-refractivity contribution >= 4 is 0 Å². The molecule has 3 heteroatoms. The van der Waals surface area contributed by atoms with Crippen molar-refractivity contribution in [2.45, 2.75) is 19.9 Å². The van der Waals surface area contributed by atoms with Gasteiger partial charge in [0.25, 0.3) is 0 Å². The largest absolute Gasteiger partial charge is 0.494 e. The first-order chi connectivity index (χ1) is 6.57. The van der Waals surface area contributed by atoms with Crippen LogP contribution in [0.1, 0.15) is 25.5 Å². The van der Waals surface area contributed by atoms with Gasteiger partial charge in [0, 0.05) is 11.6 Å². The molecule has 1 aromatic carbocycles. The molecule has 1 unspecified atom stereocenters. The molecule has 14 heavy (non-hydrogen) atoms. The summed E-state index contributed by atoms with van der Waals surface area (Å²) < 4.78 is 18.6. The molecule has 78 valence electrons. The molecular weight excluding hydrogens is 181 g/mol. The lowest BCUT2D eigenvalue weighted by molar-refractivity contribution is 0.378. The van der Waals surface area contributed by atoms with Gasteiger partial charge >= 0.3 is 0 Å². The molecule has 0 amide bonds. The van der Waals surface area contributed by atoms with Crippen molar-refractivity contribution in [2.75, 3.05) is 7.11 Å².